The summed E-state index contributed by atoms with van der Waals surface area (Å²) in [6, 6.07) is 11.6. The van der Waals surface area contributed by atoms with E-state index < -0.39 is 42.6 Å². The van der Waals surface area contributed by atoms with Gasteiger partial charge >= 0.3 is 11.9 Å². The molecule has 1 aliphatic rings. The van der Waals surface area contributed by atoms with Gasteiger partial charge in [-0.25, -0.2) is 9.59 Å². The first-order chi connectivity index (χ1) is 19.5. The number of nitrogens with zero attached hydrogens (tertiary/aromatic N) is 2. The second kappa shape index (κ2) is 13.1. The van der Waals surface area contributed by atoms with Crippen molar-refractivity contribution in [3.8, 4) is 5.75 Å². The zero-order valence-electron chi connectivity index (χ0n) is 23.0. The molecule has 11 nitrogen and oxygen atoms in total. The monoisotopic (exact) mass is 652 g/mol. The molecule has 1 fully saturated rings. The number of rotatable bonds is 10. The number of carboxylic acid groups (broad SMARTS) is 1. The molecule has 1 saturated heterocycles. The van der Waals surface area contributed by atoms with Crippen LogP contribution < -0.4 is 4.74 Å². The van der Waals surface area contributed by atoms with Crippen molar-refractivity contribution in [2.75, 3.05) is 20.7 Å². The van der Waals surface area contributed by atoms with E-state index in [1.807, 2.05) is 60.9 Å². The summed E-state index contributed by atoms with van der Waals surface area (Å²) in [5, 5.41) is 41.1. The van der Waals surface area contributed by atoms with Gasteiger partial charge in [0.05, 0.1) is 22.2 Å². The second-order valence-electron chi connectivity index (χ2n) is 9.85. The van der Waals surface area contributed by atoms with Crippen molar-refractivity contribution in [1.29, 1.82) is 0 Å². The van der Waals surface area contributed by atoms with Gasteiger partial charge in [-0.15, -0.1) is 11.8 Å². The van der Waals surface area contributed by atoms with Crippen LogP contribution in [0.15, 0.2) is 45.8 Å². The van der Waals surface area contributed by atoms with Crippen LogP contribution in [0.2, 0.25) is 0 Å². The number of esters is 1. The van der Waals surface area contributed by atoms with E-state index >= 15 is 0 Å². The number of benzene rings is 2. The van der Waals surface area contributed by atoms with Crippen molar-refractivity contribution in [2.45, 2.75) is 54.8 Å². The molecule has 2 heterocycles. The number of aromatic nitrogens is 1. The molecular weight excluding hydrogens is 620 g/mol. The number of aliphatic hydroxyl groups excluding tert-OH is 3. The molecule has 13 heteroatoms. The van der Waals surface area contributed by atoms with Crippen molar-refractivity contribution in [2.24, 2.45) is 7.05 Å². The highest BCUT2D eigenvalue weighted by Gasteiger charge is 2.48. The summed E-state index contributed by atoms with van der Waals surface area (Å²) in [5.74, 6) is -1.38. The Morgan fingerprint density at radius 2 is 1.80 bits per heavy atom. The van der Waals surface area contributed by atoms with Crippen molar-refractivity contribution >= 4 is 50.5 Å². The molecule has 0 bridgehead atoms. The summed E-state index contributed by atoms with van der Waals surface area (Å²) in [6.45, 7) is 2.18. The molecule has 222 valence electrons. The van der Waals surface area contributed by atoms with Crippen LogP contribution in [-0.2, 0) is 33.6 Å². The average Bonchev–Trinajstić information content (AvgIpc) is 3.20. The molecule has 41 heavy (non-hydrogen) atoms. The summed E-state index contributed by atoms with van der Waals surface area (Å²) >= 11 is 5.11. The Morgan fingerprint density at radius 3 is 2.41 bits per heavy atom. The van der Waals surface area contributed by atoms with E-state index in [4.69, 9.17) is 14.2 Å². The lowest BCUT2D eigenvalue weighted by Crippen LogP contribution is -2.61. The molecule has 5 atom stereocenters. The van der Waals surface area contributed by atoms with Crippen molar-refractivity contribution in [3.63, 3.8) is 0 Å². The van der Waals surface area contributed by atoms with E-state index in [1.165, 1.54) is 0 Å². The minimum atomic E-state index is -1.86. The fourth-order valence-electron chi connectivity index (χ4n) is 4.79. The number of hydrogen-bond acceptors (Lipinski definition) is 10. The summed E-state index contributed by atoms with van der Waals surface area (Å²) < 4.78 is 19.3. The van der Waals surface area contributed by atoms with Gasteiger partial charge in [0, 0.05) is 40.9 Å². The van der Waals surface area contributed by atoms with Crippen molar-refractivity contribution in [1.82, 2.24) is 9.47 Å². The number of aliphatic carboxylic acids is 1. The third-order valence-corrected chi connectivity index (χ3v) is 8.35. The molecule has 4 N–H and O–H groups in total. The minimum Gasteiger partial charge on any atom is -0.479 e. The average molecular weight is 654 g/mol. The Kier molecular flexibility index (Phi) is 10.0. The summed E-state index contributed by atoms with van der Waals surface area (Å²) in [7, 11) is 5.53. The molecule has 0 saturated carbocycles. The molecule has 1 aromatic heterocycles. The standard InChI is InChI=1S/C28H33BrN2O9S/c1-5-38-27(37)20-18(13-41-14-9-7-6-8-10-14)31(4)17-11-16(29)24(15(19(17)20)12-30(2)3)39-28-23(34)21(32)22(33)25(40-28)26(35)36/h6-11,21-23,25,28,32-34H,5,12-13H2,1-4H3,(H,35,36)/t21-,22-,23+,25-,28?/m0/s1. The molecule has 0 amide bonds. The summed E-state index contributed by atoms with van der Waals surface area (Å²) in [6.07, 6.45) is -8.90. The molecule has 4 rings (SSSR count). The van der Waals surface area contributed by atoms with Crippen LogP contribution in [0, 0.1) is 0 Å². The lowest BCUT2D eigenvalue weighted by atomic mass is 9.98. The molecule has 2 aromatic carbocycles. The maximum Gasteiger partial charge on any atom is 0.340 e. The Morgan fingerprint density at radius 1 is 1.12 bits per heavy atom. The van der Waals surface area contributed by atoms with Crippen LogP contribution in [0.25, 0.3) is 10.9 Å². The number of carbonyl (C=O) groups is 2. The van der Waals surface area contributed by atoms with Crippen LogP contribution in [0.1, 0.15) is 28.5 Å². The van der Waals surface area contributed by atoms with Gasteiger partial charge in [-0.3, -0.25) is 0 Å². The third kappa shape index (κ3) is 6.41. The first-order valence-corrected chi connectivity index (χ1v) is 14.7. The molecule has 1 aliphatic heterocycles. The van der Waals surface area contributed by atoms with Gasteiger partial charge in [-0.1, -0.05) is 18.2 Å². The predicted octanol–water partition coefficient (Wildman–Crippen LogP) is 2.74. The number of aryl methyl sites for hydroxylation is 1. The van der Waals surface area contributed by atoms with Crippen LogP contribution in [-0.4, -0.2) is 93.2 Å². The lowest BCUT2D eigenvalue weighted by Gasteiger charge is -2.38. The Balaban J connectivity index is 1.88. The first-order valence-electron chi connectivity index (χ1n) is 12.9. The maximum absolute atomic E-state index is 13.5. The fourth-order valence-corrected chi connectivity index (χ4v) is 6.33. The van der Waals surface area contributed by atoms with E-state index in [-0.39, 0.29) is 18.9 Å². The Labute approximate surface area is 249 Å². The molecular formula is C28H33BrN2O9S. The summed E-state index contributed by atoms with van der Waals surface area (Å²) in [4.78, 5) is 28.0. The van der Waals surface area contributed by atoms with E-state index in [0.717, 1.165) is 16.1 Å². The van der Waals surface area contributed by atoms with Gasteiger partial charge in [0.1, 0.15) is 24.1 Å². The number of carbonyl (C=O) groups excluding carboxylic acids is 1. The third-order valence-electron chi connectivity index (χ3n) is 6.74. The molecule has 0 radical (unpaired) electrons. The van der Waals surface area contributed by atoms with Crippen molar-refractivity contribution in [3.05, 3.63) is 57.7 Å². The highest BCUT2D eigenvalue weighted by atomic mass is 79.9. The van der Waals surface area contributed by atoms with Crippen LogP contribution in [0.3, 0.4) is 0 Å². The number of halogens is 1. The first kappa shape index (κ1) is 31.3. The smallest absolute Gasteiger partial charge is 0.340 e. The molecule has 0 spiro atoms. The fraction of sp³-hybridized carbons (Fsp3) is 0.429. The van der Waals surface area contributed by atoms with E-state index in [0.29, 0.717) is 26.7 Å². The van der Waals surface area contributed by atoms with Gasteiger partial charge in [0.2, 0.25) is 6.29 Å². The number of aliphatic hydroxyl groups is 3. The zero-order chi connectivity index (χ0) is 30.0. The van der Waals surface area contributed by atoms with Crippen LogP contribution in [0.5, 0.6) is 5.75 Å². The second-order valence-corrected chi connectivity index (χ2v) is 11.8. The van der Waals surface area contributed by atoms with Gasteiger partial charge in [-0.05, 0) is 55.1 Å². The topological polar surface area (TPSA) is 151 Å². The SMILES string of the molecule is CCOC(=O)c1c(CSc2ccccc2)n(C)c2cc(Br)c(OC3O[C@H](C(=O)O)[C@@H](O)[C@H](O)[C@H]3O)c(CN(C)C)c12. The van der Waals surface area contributed by atoms with Crippen LogP contribution >= 0.6 is 27.7 Å². The normalized spacial score (nSPS) is 22.7. The van der Waals surface area contributed by atoms with Gasteiger partial charge in [0.15, 0.2) is 6.10 Å². The number of ether oxygens (including phenoxy) is 3. The van der Waals surface area contributed by atoms with Gasteiger partial charge < -0.3 is 44.1 Å². The Bertz CT molecular complexity index is 1420. The highest BCUT2D eigenvalue weighted by Crippen LogP contribution is 2.43. The van der Waals surface area contributed by atoms with E-state index in [2.05, 4.69) is 15.9 Å². The number of fused-ring (bicyclic) bond motifs is 1. The number of hydrogen-bond donors (Lipinski definition) is 4. The Hall–Kier alpha value is -2.65. The molecule has 0 aliphatic carbocycles. The minimum absolute atomic E-state index is 0.169. The maximum atomic E-state index is 13.5. The molecule has 3 aromatic rings. The largest absolute Gasteiger partial charge is 0.479 e. The van der Waals surface area contributed by atoms with E-state index in [1.54, 1.807) is 24.8 Å². The van der Waals surface area contributed by atoms with Gasteiger partial charge in [0.25, 0.3) is 0 Å². The summed E-state index contributed by atoms with van der Waals surface area (Å²) in [5.41, 5.74) is 2.37. The number of carboxylic acids is 1. The number of thioether (sulfide) groups is 1. The quantitative estimate of drug-likeness (QED) is 0.189. The highest BCUT2D eigenvalue weighted by molar-refractivity contribution is 9.10. The van der Waals surface area contributed by atoms with Gasteiger partial charge in [-0.2, -0.15) is 0 Å². The lowest BCUT2D eigenvalue weighted by molar-refractivity contribution is -0.271. The predicted molar refractivity (Wildman–Crippen MR) is 155 cm³/mol. The zero-order valence-corrected chi connectivity index (χ0v) is 25.4. The molecule has 1 unspecified atom stereocenters. The van der Waals surface area contributed by atoms with E-state index in [9.17, 15) is 30.0 Å². The van der Waals surface area contributed by atoms with Crippen molar-refractivity contribution < 1.29 is 44.2 Å². The van der Waals surface area contributed by atoms with Crippen LogP contribution in [0.4, 0.5) is 0 Å².